The zero-order valence-corrected chi connectivity index (χ0v) is 9.61. The number of allylic oxidation sites excluding steroid dienone is 2. The summed E-state index contributed by atoms with van der Waals surface area (Å²) in [5.74, 6) is 0. The Morgan fingerprint density at radius 1 is 1.10 bits per heavy atom. The summed E-state index contributed by atoms with van der Waals surface area (Å²) < 4.78 is 0. The molecule has 0 N–H and O–H groups in total. The highest BCUT2D eigenvalue weighted by Crippen LogP contribution is 2.29. The molecular weight excluding hydrogens is 207 g/mol. The van der Waals surface area contributed by atoms with E-state index in [9.17, 15) is 0 Å². The maximum atomic E-state index is 5.71. The molecule has 0 nitrogen and oxygen atoms in total. The molecule has 10 heavy (non-hydrogen) atoms. The predicted octanol–water partition coefficient (Wildman–Crippen LogP) is 4.00. The Kier molecular flexibility index (Phi) is 4.34. The molecule has 0 bridgehead atoms. The van der Waals surface area contributed by atoms with Crippen LogP contribution in [0, 0.1) is 0 Å². The van der Waals surface area contributed by atoms with E-state index in [1.54, 1.807) is 0 Å². The first-order valence-electron chi connectivity index (χ1n) is 3.02. The maximum Gasteiger partial charge on any atom is 0.345 e. The molecule has 0 saturated heterocycles. The van der Waals surface area contributed by atoms with Crippen LogP contribution >= 0.6 is 33.2 Å². The third-order valence-corrected chi connectivity index (χ3v) is 3.45. The summed E-state index contributed by atoms with van der Waals surface area (Å²) in [6.45, 7) is 6.06. The van der Waals surface area contributed by atoms with Crippen molar-refractivity contribution in [1.82, 2.24) is 0 Å². The van der Waals surface area contributed by atoms with Crippen LogP contribution in [0.25, 0.3) is 0 Å². The summed E-state index contributed by atoms with van der Waals surface area (Å²) in [5.41, 5.74) is 2.45. The standard InChI is InChI=1S/C6H11Cl3Si/c1-5(2)6(3)4-10(7,8)9/h4H2,1-3H3. The number of rotatable bonds is 2. The van der Waals surface area contributed by atoms with Gasteiger partial charge < -0.3 is 0 Å². The summed E-state index contributed by atoms with van der Waals surface area (Å²) in [6.07, 6.45) is 0. The Hall–Kier alpha value is 0.827. The highest BCUT2D eigenvalue weighted by molar-refractivity contribution is 7.64. The predicted molar refractivity (Wildman–Crippen MR) is 52.2 cm³/mol. The molecule has 0 saturated carbocycles. The summed E-state index contributed by atoms with van der Waals surface area (Å²) in [5, 5.41) is 0. The van der Waals surface area contributed by atoms with Crippen LogP contribution in [0.5, 0.6) is 0 Å². The van der Waals surface area contributed by atoms with Gasteiger partial charge in [-0.05, 0) is 20.8 Å². The van der Waals surface area contributed by atoms with Gasteiger partial charge in [-0.2, -0.15) is 0 Å². The van der Waals surface area contributed by atoms with Gasteiger partial charge in [-0.15, -0.1) is 33.2 Å². The summed E-state index contributed by atoms with van der Waals surface area (Å²) in [6, 6.07) is -1.77. The van der Waals surface area contributed by atoms with Gasteiger partial charge in [0, 0.05) is 6.04 Å². The van der Waals surface area contributed by atoms with E-state index in [2.05, 4.69) is 0 Å². The lowest BCUT2D eigenvalue weighted by Gasteiger charge is -2.08. The lowest BCUT2D eigenvalue weighted by atomic mass is 10.2. The van der Waals surface area contributed by atoms with Crippen molar-refractivity contribution in [2.24, 2.45) is 0 Å². The van der Waals surface area contributed by atoms with Crippen LogP contribution in [-0.2, 0) is 0 Å². The first-order chi connectivity index (χ1) is 4.33. The molecule has 0 amide bonds. The van der Waals surface area contributed by atoms with Crippen molar-refractivity contribution in [1.29, 1.82) is 0 Å². The highest BCUT2D eigenvalue weighted by Gasteiger charge is 2.25. The van der Waals surface area contributed by atoms with Gasteiger partial charge in [-0.1, -0.05) is 11.1 Å². The van der Waals surface area contributed by atoms with E-state index in [1.165, 1.54) is 11.1 Å². The van der Waals surface area contributed by atoms with E-state index in [0.717, 1.165) is 0 Å². The minimum Gasteiger partial charge on any atom is -0.126 e. The van der Waals surface area contributed by atoms with E-state index in [-0.39, 0.29) is 0 Å². The molecule has 0 radical (unpaired) electrons. The molecule has 0 aromatic carbocycles. The molecule has 60 valence electrons. The van der Waals surface area contributed by atoms with Crippen molar-refractivity contribution >= 4 is 39.2 Å². The van der Waals surface area contributed by atoms with Crippen molar-refractivity contribution in [2.75, 3.05) is 0 Å². The molecule has 0 aliphatic heterocycles. The fourth-order valence-corrected chi connectivity index (χ4v) is 3.24. The molecule has 0 fully saturated rings. The van der Waals surface area contributed by atoms with Crippen molar-refractivity contribution in [2.45, 2.75) is 26.8 Å². The molecule has 0 unspecified atom stereocenters. The molecule has 0 heterocycles. The third-order valence-electron chi connectivity index (χ3n) is 1.32. The highest BCUT2D eigenvalue weighted by atomic mass is 35.8. The van der Waals surface area contributed by atoms with Crippen LogP contribution < -0.4 is 0 Å². The fourth-order valence-electron chi connectivity index (χ4n) is 0.477. The Balaban J connectivity index is 4.06. The second-order valence-electron chi connectivity index (χ2n) is 2.57. The Morgan fingerprint density at radius 3 is 1.60 bits per heavy atom. The van der Waals surface area contributed by atoms with E-state index < -0.39 is 6.00 Å². The molecular formula is C6H11Cl3Si. The summed E-state index contributed by atoms with van der Waals surface area (Å²) in [7, 11) is 0. The largest absolute Gasteiger partial charge is 0.345 e. The number of hydrogen-bond acceptors (Lipinski definition) is 0. The van der Waals surface area contributed by atoms with Crippen LogP contribution in [-0.4, -0.2) is 6.00 Å². The van der Waals surface area contributed by atoms with Gasteiger partial charge in [0.1, 0.15) is 0 Å². The first-order valence-corrected chi connectivity index (χ1v) is 8.27. The minimum absolute atomic E-state index is 0.653. The van der Waals surface area contributed by atoms with Crippen molar-refractivity contribution < 1.29 is 0 Å². The van der Waals surface area contributed by atoms with Crippen molar-refractivity contribution in [3.63, 3.8) is 0 Å². The Labute approximate surface area is 77.3 Å². The van der Waals surface area contributed by atoms with Gasteiger partial charge in [-0.25, -0.2) is 0 Å². The van der Waals surface area contributed by atoms with Gasteiger partial charge in [0.25, 0.3) is 0 Å². The van der Waals surface area contributed by atoms with E-state index in [0.29, 0.717) is 6.04 Å². The van der Waals surface area contributed by atoms with Gasteiger partial charge in [-0.3, -0.25) is 0 Å². The third kappa shape index (κ3) is 5.60. The topological polar surface area (TPSA) is 0 Å². The molecule has 0 aromatic heterocycles. The normalized spacial score (nSPS) is 11.4. The minimum atomic E-state index is -2.42. The molecule has 0 aliphatic rings. The SMILES string of the molecule is CC(C)=C(C)C[Si](Cl)(Cl)Cl. The average Bonchev–Trinajstić information content (AvgIpc) is 1.60. The van der Waals surface area contributed by atoms with E-state index >= 15 is 0 Å². The lowest BCUT2D eigenvalue weighted by Crippen LogP contribution is -2.09. The zero-order valence-electron chi connectivity index (χ0n) is 6.34. The van der Waals surface area contributed by atoms with Crippen LogP contribution in [0.4, 0.5) is 0 Å². The lowest BCUT2D eigenvalue weighted by molar-refractivity contribution is 1.22. The molecule has 4 heteroatoms. The van der Waals surface area contributed by atoms with E-state index in [4.69, 9.17) is 33.2 Å². The second-order valence-corrected chi connectivity index (χ2v) is 11.7. The van der Waals surface area contributed by atoms with Gasteiger partial charge in [0.05, 0.1) is 0 Å². The molecule has 0 aromatic rings. The molecule has 0 spiro atoms. The van der Waals surface area contributed by atoms with E-state index in [1.807, 2.05) is 20.8 Å². The summed E-state index contributed by atoms with van der Waals surface area (Å²) >= 11 is 17.1. The monoisotopic (exact) mass is 216 g/mol. The number of hydrogen-bond donors (Lipinski definition) is 0. The van der Waals surface area contributed by atoms with Gasteiger partial charge in [0.2, 0.25) is 0 Å². The van der Waals surface area contributed by atoms with Crippen LogP contribution in [0.2, 0.25) is 6.04 Å². The maximum absolute atomic E-state index is 5.71. The smallest absolute Gasteiger partial charge is 0.126 e. The van der Waals surface area contributed by atoms with Crippen LogP contribution in [0.15, 0.2) is 11.1 Å². The Bertz CT molecular complexity index is 142. The molecule has 0 rings (SSSR count). The summed E-state index contributed by atoms with van der Waals surface area (Å²) in [4.78, 5) is 0. The van der Waals surface area contributed by atoms with Crippen LogP contribution in [0.1, 0.15) is 20.8 Å². The number of halogens is 3. The van der Waals surface area contributed by atoms with Crippen molar-refractivity contribution in [3.05, 3.63) is 11.1 Å². The van der Waals surface area contributed by atoms with Crippen molar-refractivity contribution in [3.8, 4) is 0 Å². The average molecular weight is 218 g/mol. The zero-order chi connectivity index (χ0) is 8.36. The molecule has 0 atom stereocenters. The quantitative estimate of drug-likeness (QED) is 0.373. The first kappa shape index (κ1) is 10.8. The fraction of sp³-hybridized carbons (Fsp3) is 0.667. The van der Waals surface area contributed by atoms with Crippen LogP contribution in [0.3, 0.4) is 0 Å². The van der Waals surface area contributed by atoms with Gasteiger partial charge in [0.15, 0.2) is 0 Å². The second kappa shape index (κ2) is 4.00. The molecule has 0 aliphatic carbocycles. The van der Waals surface area contributed by atoms with Gasteiger partial charge >= 0.3 is 6.00 Å². The Morgan fingerprint density at radius 2 is 1.50 bits per heavy atom.